The standard InChI is InChI=1S/C16H15BrF3NOS/c1-21-9-10-7-11(17)3-5-14(10)22-12-4-6-15(23-2)13(8-12)16(18,19)20/h3-8,21H,9H2,1-2H3. The number of alkyl halides is 3. The fourth-order valence-electron chi connectivity index (χ4n) is 2.08. The van der Waals surface area contributed by atoms with Crippen LogP contribution in [0.25, 0.3) is 0 Å². The lowest BCUT2D eigenvalue weighted by molar-refractivity contribution is -0.139. The van der Waals surface area contributed by atoms with Crippen LogP contribution in [0.15, 0.2) is 45.8 Å². The predicted octanol–water partition coefficient (Wildman–Crippen LogP) is 5.70. The molecule has 1 N–H and O–H groups in total. The highest BCUT2D eigenvalue weighted by Crippen LogP contribution is 2.39. The van der Waals surface area contributed by atoms with Crippen LogP contribution in [0.2, 0.25) is 0 Å². The smallest absolute Gasteiger partial charge is 0.417 e. The first-order valence-electron chi connectivity index (χ1n) is 6.71. The predicted molar refractivity (Wildman–Crippen MR) is 90.2 cm³/mol. The lowest BCUT2D eigenvalue weighted by atomic mass is 10.2. The summed E-state index contributed by atoms with van der Waals surface area (Å²) in [5.74, 6) is 0.683. The first kappa shape index (κ1) is 18.2. The van der Waals surface area contributed by atoms with Crippen molar-refractivity contribution in [2.45, 2.75) is 17.6 Å². The van der Waals surface area contributed by atoms with Crippen molar-refractivity contribution in [1.82, 2.24) is 5.32 Å². The molecule has 0 aliphatic carbocycles. The minimum Gasteiger partial charge on any atom is -0.457 e. The Bertz CT molecular complexity index is 692. The van der Waals surface area contributed by atoms with Gasteiger partial charge in [-0.25, -0.2) is 0 Å². The van der Waals surface area contributed by atoms with Crippen molar-refractivity contribution in [2.24, 2.45) is 0 Å². The SMILES string of the molecule is CNCc1cc(Br)ccc1Oc1ccc(SC)c(C(F)(F)F)c1. The van der Waals surface area contributed by atoms with E-state index in [9.17, 15) is 13.2 Å². The molecule has 7 heteroatoms. The van der Waals surface area contributed by atoms with Gasteiger partial charge in [0.15, 0.2) is 0 Å². The average molecular weight is 406 g/mol. The van der Waals surface area contributed by atoms with Crippen LogP contribution in [-0.2, 0) is 12.7 Å². The number of thioether (sulfide) groups is 1. The van der Waals surface area contributed by atoms with Gasteiger partial charge in [-0.15, -0.1) is 11.8 Å². The van der Waals surface area contributed by atoms with Crippen molar-refractivity contribution < 1.29 is 17.9 Å². The van der Waals surface area contributed by atoms with Gasteiger partial charge >= 0.3 is 6.18 Å². The molecule has 23 heavy (non-hydrogen) atoms. The van der Waals surface area contributed by atoms with E-state index in [1.165, 1.54) is 6.07 Å². The summed E-state index contributed by atoms with van der Waals surface area (Å²) in [5, 5.41) is 3.01. The molecule has 2 rings (SSSR count). The summed E-state index contributed by atoms with van der Waals surface area (Å²) < 4.78 is 45.9. The average Bonchev–Trinajstić information content (AvgIpc) is 2.49. The summed E-state index contributed by atoms with van der Waals surface area (Å²) in [5.41, 5.74) is 0.166. The first-order chi connectivity index (χ1) is 10.8. The highest BCUT2D eigenvalue weighted by Gasteiger charge is 2.33. The van der Waals surface area contributed by atoms with Crippen LogP contribution in [0.1, 0.15) is 11.1 Å². The van der Waals surface area contributed by atoms with Gasteiger partial charge in [-0.05, 0) is 49.7 Å². The van der Waals surface area contributed by atoms with E-state index in [4.69, 9.17) is 4.74 Å². The van der Waals surface area contributed by atoms with Crippen molar-refractivity contribution in [3.63, 3.8) is 0 Å². The molecule has 0 fully saturated rings. The van der Waals surface area contributed by atoms with Crippen LogP contribution in [-0.4, -0.2) is 13.3 Å². The Morgan fingerprint density at radius 1 is 1.17 bits per heavy atom. The zero-order chi connectivity index (χ0) is 17.0. The van der Waals surface area contributed by atoms with E-state index in [0.717, 1.165) is 27.9 Å². The minimum absolute atomic E-state index is 0.162. The molecular weight excluding hydrogens is 391 g/mol. The Kier molecular flexibility index (Phi) is 6.00. The molecule has 0 atom stereocenters. The number of halogens is 4. The Balaban J connectivity index is 2.38. The van der Waals surface area contributed by atoms with Crippen LogP contribution >= 0.6 is 27.7 Å². The van der Waals surface area contributed by atoms with E-state index in [2.05, 4.69) is 21.2 Å². The molecule has 0 saturated carbocycles. The van der Waals surface area contributed by atoms with Gasteiger partial charge in [0, 0.05) is 21.5 Å². The van der Waals surface area contributed by atoms with E-state index >= 15 is 0 Å². The first-order valence-corrected chi connectivity index (χ1v) is 8.73. The Morgan fingerprint density at radius 3 is 2.52 bits per heavy atom. The zero-order valence-corrected chi connectivity index (χ0v) is 14.9. The Labute approximate surface area is 145 Å². The number of nitrogens with one attached hydrogen (secondary N) is 1. The van der Waals surface area contributed by atoms with Crippen molar-refractivity contribution in [3.8, 4) is 11.5 Å². The fraction of sp³-hybridized carbons (Fsp3) is 0.250. The van der Waals surface area contributed by atoms with Gasteiger partial charge < -0.3 is 10.1 Å². The molecule has 0 bridgehead atoms. The third kappa shape index (κ3) is 4.65. The van der Waals surface area contributed by atoms with Gasteiger partial charge in [0.05, 0.1) is 5.56 Å². The molecule has 0 heterocycles. The normalized spacial score (nSPS) is 11.6. The van der Waals surface area contributed by atoms with Gasteiger partial charge in [-0.2, -0.15) is 13.2 Å². The summed E-state index contributed by atoms with van der Waals surface area (Å²) in [6, 6.07) is 9.40. The lowest BCUT2D eigenvalue weighted by Crippen LogP contribution is -2.08. The molecule has 2 nitrogen and oxygen atoms in total. The molecule has 124 valence electrons. The van der Waals surface area contributed by atoms with Gasteiger partial charge in [-0.3, -0.25) is 0 Å². The fourth-order valence-corrected chi connectivity index (χ4v) is 3.08. The molecule has 2 aromatic rings. The van der Waals surface area contributed by atoms with Crippen molar-refractivity contribution in [2.75, 3.05) is 13.3 Å². The highest BCUT2D eigenvalue weighted by molar-refractivity contribution is 9.10. The maximum Gasteiger partial charge on any atom is 0.417 e. The molecule has 0 aromatic heterocycles. The van der Waals surface area contributed by atoms with Gasteiger partial charge in [-0.1, -0.05) is 15.9 Å². The molecule has 0 unspecified atom stereocenters. The molecule has 0 radical (unpaired) electrons. The molecule has 0 aliphatic rings. The van der Waals surface area contributed by atoms with E-state index in [0.29, 0.717) is 12.3 Å². The van der Waals surface area contributed by atoms with Crippen LogP contribution in [0.5, 0.6) is 11.5 Å². The van der Waals surface area contributed by atoms with Crippen LogP contribution in [0.4, 0.5) is 13.2 Å². The van der Waals surface area contributed by atoms with Crippen molar-refractivity contribution in [3.05, 3.63) is 52.0 Å². The maximum atomic E-state index is 13.1. The summed E-state index contributed by atoms with van der Waals surface area (Å²) in [7, 11) is 1.79. The summed E-state index contributed by atoms with van der Waals surface area (Å²) in [6.45, 7) is 0.545. The summed E-state index contributed by atoms with van der Waals surface area (Å²) in [4.78, 5) is 0.177. The summed E-state index contributed by atoms with van der Waals surface area (Å²) >= 11 is 4.43. The van der Waals surface area contributed by atoms with E-state index in [1.807, 2.05) is 6.07 Å². The second-order valence-electron chi connectivity index (χ2n) is 4.74. The molecular formula is C16H15BrF3NOS. The van der Waals surface area contributed by atoms with Crippen LogP contribution in [0.3, 0.4) is 0 Å². The molecule has 0 amide bonds. The van der Waals surface area contributed by atoms with Crippen LogP contribution in [0, 0.1) is 0 Å². The minimum atomic E-state index is -4.41. The Morgan fingerprint density at radius 2 is 1.91 bits per heavy atom. The quantitative estimate of drug-likeness (QED) is 0.644. The molecule has 0 spiro atoms. The highest BCUT2D eigenvalue weighted by atomic mass is 79.9. The van der Waals surface area contributed by atoms with Crippen molar-refractivity contribution >= 4 is 27.7 Å². The van der Waals surface area contributed by atoms with E-state index in [-0.39, 0.29) is 10.6 Å². The summed E-state index contributed by atoms with van der Waals surface area (Å²) in [6.07, 6.45) is -2.80. The topological polar surface area (TPSA) is 21.3 Å². The monoisotopic (exact) mass is 405 g/mol. The maximum absolute atomic E-state index is 13.1. The second kappa shape index (κ2) is 7.59. The molecule has 0 saturated heterocycles. The molecule has 2 aromatic carbocycles. The number of benzene rings is 2. The van der Waals surface area contributed by atoms with Gasteiger partial charge in [0.2, 0.25) is 0 Å². The zero-order valence-electron chi connectivity index (χ0n) is 12.5. The number of hydrogen-bond donors (Lipinski definition) is 1. The van der Waals surface area contributed by atoms with Crippen molar-refractivity contribution in [1.29, 1.82) is 0 Å². The number of rotatable bonds is 5. The van der Waals surface area contributed by atoms with Gasteiger partial charge in [0.25, 0.3) is 0 Å². The van der Waals surface area contributed by atoms with E-state index < -0.39 is 11.7 Å². The second-order valence-corrected chi connectivity index (χ2v) is 6.51. The number of ether oxygens (including phenoxy) is 1. The third-order valence-corrected chi connectivity index (χ3v) is 4.38. The largest absolute Gasteiger partial charge is 0.457 e. The number of hydrogen-bond acceptors (Lipinski definition) is 3. The molecule has 0 aliphatic heterocycles. The Hall–Kier alpha value is -1.18. The lowest BCUT2D eigenvalue weighted by Gasteiger charge is -2.15. The van der Waals surface area contributed by atoms with E-state index in [1.54, 1.807) is 31.5 Å². The third-order valence-electron chi connectivity index (χ3n) is 3.09. The van der Waals surface area contributed by atoms with Crippen LogP contribution < -0.4 is 10.1 Å². The van der Waals surface area contributed by atoms with Gasteiger partial charge in [0.1, 0.15) is 11.5 Å².